The average molecular weight is 399 g/mol. The molecule has 0 radical (unpaired) electrons. The number of aromatic nitrogens is 1. The van der Waals surface area contributed by atoms with E-state index in [9.17, 15) is 9.59 Å². The van der Waals surface area contributed by atoms with E-state index in [0.717, 1.165) is 24.4 Å². The van der Waals surface area contributed by atoms with Gasteiger partial charge < -0.3 is 29.2 Å². The Morgan fingerprint density at radius 1 is 0.931 bits per heavy atom. The maximum atomic E-state index is 12.9. The molecule has 3 amide bonds. The van der Waals surface area contributed by atoms with E-state index in [1.54, 1.807) is 0 Å². The van der Waals surface area contributed by atoms with Gasteiger partial charge in [-0.1, -0.05) is 0 Å². The van der Waals surface area contributed by atoms with Gasteiger partial charge in [0.15, 0.2) is 0 Å². The van der Waals surface area contributed by atoms with Crippen LogP contribution in [0.25, 0.3) is 5.52 Å². The second-order valence-corrected chi connectivity index (χ2v) is 7.89. The molecule has 2 aliphatic heterocycles. The number of ether oxygens (including phenoxy) is 1. The molecule has 2 aromatic heterocycles. The van der Waals surface area contributed by atoms with Crippen LogP contribution < -0.4 is 10.2 Å². The van der Waals surface area contributed by atoms with Crippen molar-refractivity contribution < 1.29 is 14.3 Å². The number of piperazine rings is 1. The Bertz CT molecular complexity index is 880. The second kappa shape index (κ2) is 8.32. The van der Waals surface area contributed by atoms with E-state index in [1.807, 2.05) is 42.0 Å². The highest BCUT2D eigenvalue weighted by Crippen LogP contribution is 2.22. The Hall–Kier alpha value is -2.74. The monoisotopic (exact) mass is 399 g/mol. The standard InChI is InChI=1S/C21H29N5O3/c1-16(2)22-21(28)25-9-7-23(8-10-25)19-6-5-18-4-3-17(15-26(18)19)20(27)24-11-13-29-14-12-24/h3-6,15-16H,7-14H2,1-2H3,(H,22,28). The number of pyridine rings is 1. The van der Waals surface area contributed by atoms with Crippen LogP contribution in [0.1, 0.15) is 24.2 Å². The Labute approximate surface area is 171 Å². The summed E-state index contributed by atoms with van der Waals surface area (Å²) < 4.78 is 7.43. The number of nitrogens with one attached hydrogen (secondary N) is 1. The quantitative estimate of drug-likeness (QED) is 0.852. The second-order valence-electron chi connectivity index (χ2n) is 7.89. The van der Waals surface area contributed by atoms with Crippen molar-refractivity contribution in [2.24, 2.45) is 0 Å². The number of morpholine rings is 1. The number of urea groups is 1. The maximum absolute atomic E-state index is 12.9. The van der Waals surface area contributed by atoms with Crippen molar-refractivity contribution in [2.75, 3.05) is 57.4 Å². The van der Waals surface area contributed by atoms with E-state index in [1.165, 1.54) is 0 Å². The molecule has 156 valence electrons. The van der Waals surface area contributed by atoms with Crippen LogP contribution in [-0.4, -0.2) is 84.7 Å². The van der Waals surface area contributed by atoms with Crippen molar-refractivity contribution in [3.8, 4) is 0 Å². The lowest BCUT2D eigenvalue weighted by Crippen LogP contribution is -2.53. The van der Waals surface area contributed by atoms with Crippen molar-refractivity contribution in [3.05, 3.63) is 36.0 Å². The molecular weight excluding hydrogens is 370 g/mol. The average Bonchev–Trinajstić information content (AvgIpc) is 3.16. The first kappa shape index (κ1) is 19.6. The summed E-state index contributed by atoms with van der Waals surface area (Å²) in [4.78, 5) is 31.1. The van der Waals surface area contributed by atoms with Gasteiger partial charge in [0.1, 0.15) is 5.82 Å². The molecule has 2 aromatic rings. The Balaban J connectivity index is 1.48. The molecule has 0 saturated carbocycles. The molecule has 2 fully saturated rings. The predicted octanol–water partition coefficient (Wildman–Crippen LogP) is 1.65. The zero-order chi connectivity index (χ0) is 20.4. The Morgan fingerprint density at radius 3 is 2.31 bits per heavy atom. The van der Waals surface area contributed by atoms with Crippen molar-refractivity contribution in [2.45, 2.75) is 19.9 Å². The van der Waals surface area contributed by atoms with Gasteiger partial charge in [0.2, 0.25) is 0 Å². The van der Waals surface area contributed by atoms with Gasteiger partial charge in [-0.3, -0.25) is 4.79 Å². The van der Waals surface area contributed by atoms with Gasteiger partial charge in [-0.05, 0) is 38.1 Å². The largest absolute Gasteiger partial charge is 0.378 e. The minimum atomic E-state index is -0.00180. The smallest absolute Gasteiger partial charge is 0.317 e. The third kappa shape index (κ3) is 4.17. The van der Waals surface area contributed by atoms with Crippen LogP contribution >= 0.6 is 0 Å². The number of hydrogen-bond donors (Lipinski definition) is 1. The van der Waals surface area contributed by atoms with E-state index in [4.69, 9.17) is 4.74 Å². The normalized spacial score (nSPS) is 17.8. The number of nitrogens with zero attached hydrogens (tertiary/aromatic N) is 4. The van der Waals surface area contributed by atoms with E-state index in [-0.39, 0.29) is 18.0 Å². The number of anilines is 1. The van der Waals surface area contributed by atoms with Crippen LogP contribution in [0, 0.1) is 0 Å². The first-order valence-electron chi connectivity index (χ1n) is 10.3. The molecule has 0 unspecified atom stereocenters. The molecule has 2 aliphatic rings. The van der Waals surface area contributed by atoms with E-state index >= 15 is 0 Å². The first-order valence-corrected chi connectivity index (χ1v) is 10.3. The lowest BCUT2D eigenvalue weighted by Gasteiger charge is -2.36. The minimum Gasteiger partial charge on any atom is -0.378 e. The maximum Gasteiger partial charge on any atom is 0.317 e. The zero-order valence-corrected chi connectivity index (χ0v) is 17.1. The highest BCUT2D eigenvalue weighted by Gasteiger charge is 2.24. The van der Waals surface area contributed by atoms with Gasteiger partial charge in [-0.15, -0.1) is 0 Å². The van der Waals surface area contributed by atoms with Gasteiger partial charge in [0.05, 0.1) is 18.8 Å². The molecule has 0 bridgehead atoms. The third-order valence-electron chi connectivity index (χ3n) is 5.48. The number of amides is 3. The van der Waals surface area contributed by atoms with Crippen LogP contribution in [-0.2, 0) is 4.74 Å². The van der Waals surface area contributed by atoms with Crippen LogP contribution in [0.3, 0.4) is 0 Å². The molecule has 0 aliphatic carbocycles. The van der Waals surface area contributed by atoms with Gasteiger partial charge in [-0.25, -0.2) is 4.79 Å². The summed E-state index contributed by atoms with van der Waals surface area (Å²) in [5.74, 6) is 1.10. The number of fused-ring (bicyclic) bond motifs is 1. The van der Waals surface area contributed by atoms with Crippen LogP contribution in [0.4, 0.5) is 10.6 Å². The molecule has 8 heteroatoms. The summed E-state index contributed by atoms with van der Waals surface area (Å²) >= 11 is 0. The van der Waals surface area contributed by atoms with Crippen molar-refractivity contribution >= 4 is 23.3 Å². The minimum absolute atomic E-state index is 0.00180. The zero-order valence-electron chi connectivity index (χ0n) is 17.1. The lowest BCUT2D eigenvalue weighted by atomic mass is 10.2. The summed E-state index contributed by atoms with van der Waals surface area (Å²) in [7, 11) is 0. The molecule has 4 heterocycles. The molecule has 2 saturated heterocycles. The van der Waals surface area contributed by atoms with E-state index in [0.29, 0.717) is 45.0 Å². The molecule has 4 rings (SSSR count). The SMILES string of the molecule is CC(C)NC(=O)N1CCN(c2ccc3ccc(C(=O)N4CCOCC4)cn23)CC1. The van der Waals surface area contributed by atoms with Crippen molar-refractivity contribution in [3.63, 3.8) is 0 Å². The number of hydrogen-bond acceptors (Lipinski definition) is 4. The van der Waals surface area contributed by atoms with Gasteiger partial charge in [-0.2, -0.15) is 0 Å². The highest BCUT2D eigenvalue weighted by atomic mass is 16.5. The van der Waals surface area contributed by atoms with Crippen LogP contribution in [0.2, 0.25) is 0 Å². The Morgan fingerprint density at radius 2 is 1.62 bits per heavy atom. The third-order valence-corrected chi connectivity index (χ3v) is 5.48. The van der Waals surface area contributed by atoms with Gasteiger partial charge in [0, 0.05) is 57.0 Å². The Kier molecular flexibility index (Phi) is 5.62. The summed E-state index contributed by atoms with van der Waals surface area (Å²) in [5.41, 5.74) is 1.74. The fraction of sp³-hybridized carbons (Fsp3) is 0.524. The predicted molar refractivity (Wildman–Crippen MR) is 112 cm³/mol. The van der Waals surface area contributed by atoms with Gasteiger partial charge >= 0.3 is 6.03 Å². The first-order chi connectivity index (χ1) is 14.0. The van der Waals surface area contributed by atoms with Crippen LogP contribution in [0.15, 0.2) is 30.5 Å². The topological polar surface area (TPSA) is 69.5 Å². The van der Waals surface area contributed by atoms with E-state index in [2.05, 4.69) is 26.8 Å². The lowest BCUT2D eigenvalue weighted by molar-refractivity contribution is 0.0302. The van der Waals surface area contributed by atoms with E-state index < -0.39 is 0 Å². The molecule has 8 nitrogen and oxygen atoms in total. The molecule has 29 heavy (non-hydrogen) atoms. The fourth-order valence-electron chi connectivity index (χ4n) is 3.90. The highest BCUT2D eigenvalue weighted by molar-refractivity contribution is 5.94. The number of carbonyl (C=O) groups is 2. The number of rotatable bonds is 3. The fourth-order valence-corrected chi connectivity index (χ4v) is 3.90. The van der Waals surface area contributed by atoms with Crippen LogP contribution in [0.5, 0.6) is 0 Å². The molecule has 0 aromatic carbocycles. The van der Waals surface area contributed by atoms with Crippen molar-refractivity contribution in [1.29, 1.82) is 0 Å². The molecule has 0 atom stereocenters. The number of carbonyl (C=O) groups excluding carboxylic acids is 2. The summed E-state index contributed by atoms with van der Waals surface area (Å²) in [5, 5.41) is 2.95. The summed E-state index contributed by atoms with van der Waals surface area (Å²) in [6.07, 6.45) is 1.93. The van der Waals surface area contributed by atoms with Gasteiger partial charge in [0.25, 0.3) is 5.91 Å². The summed E-state index contributed by atoms with van der Waals surface area (Å²) in [6, 6.07) is 8.17. The summed E-state index contributed by atoms with van der Waals surface area (Å²) in [6.45, 7) is 9.28. The molecule has 1 N–H and O–H groups in total. The molecular formula is C21H29N5O3. The van der Waals surface area contributed by atoms with Crippen molar-refractivity contribution in [1.82, 2.24) is 19.5 Å². The molecule has 0 spiro atoms.